The fourth-order valence-corrected chi connectivity index (χ4v) is 1.66. The first-order chi connectivity index (χ1) is 8.01. The van der Waals surface area contributed by atoms with Gasteiger partial charge < -0.3 is 14.9 Å². The highest BCUT2D eigenvalue weighted by Gasteiger charge is 2.22. The van der Waals surface area contributed by atoms with Crippen molar-refractivity contribution in [3.8, 4) is 0 Å². The standard InChI is InChI=1S/C11H12BrFO4/c1-17-11(16)6-2-3-8(13)7(4-6)10(15)9(14)5-12/h2-4,9-10,14-15H,5H2,1H3. The maximum absolute atomic E-state index is 13.4. The van der Waals surface area contributed by atoms with Crippen LogP contribution in [0.3, 0.4) is 0 Å². The van der Waals surface area contributed by atoms with Crippen molar-refractivity contribution in [2.75, 3.05) is 12.4 Å². The molecule has 1 rings (SSSR count). The largest absolute Gasteiger partial charge is 0.465 e. The summed E-state index contributed by atoms with van der Waals surface area (Å²) in [5, 5.41) is 19.2. The number of aliphatic hydroxyl groups excluding tert-OH is 2. The smallest absolute Gasteiger partial charge is 0.337 e. The van der Waals surface area contributed by atoms with Gasteiger partial charge in [-0.15, -0.1) is 0 Å². The van der Waals surface area contributed by atoms with Crippen molar-refractivity contribution in [2.24, 2.45) is 0 Å². The predicted molar refractivity (Wildman–Crippen MR) is 62.5 cm³/mol. The average Bonchev–Trinajstić information content (AvgIpc) is 2.36. The Hall–Kier alpha value is -0.980. The van der Waals surface area contributed by atoms with E-state index in [1.54, 1.807) is 0 Å². The highest BCUT2D eigenvalue weighted by Crippen LogP contribution is 2.23. The first-order valence-electron chi connectivity index (χ1n) is 4.81. The maximum Gasteiger partial charge on any atom is 0.337 e. The lowest BCUT2D eigenvalue weighted by molar-refractivity contribution is 0.0318. The van der Waals surface area contributed by atoms with Gasteiger partial charge >= 0.3 is 5.97 Å². The number of ether oxygens (including phenoxy) is 1. The van der Waals surface area contributed by atoms with Crippen LogP contribution >= 0.6 is 15.9 Å². The number of aliphatic hydroxyl groups is 2. The van der Waals surface area contributed by atoms with E-state index in [1.807, 2.05) is 0 Å². The van der Waals surface area contributed by atoms with Gasteiger partial charge in [-0.1, -0.05) is 15.9 Å². The van der Waals surface area contributed by atoms with Crippen LogP contribution in [-0.4, -0.2) is 34.7 Å². The van der Waals surface area contributed by atoms with E-state index in [0.29, 0.717) is 0 Å². The number of halogens is 2. The molecule has 0 spiro atoms. The summed E-state index contributed by atoms with van der Waals surface area (Å²) in [5.74, 6) is -1.32. The summed E-state index contributed by atoms with van der Waals surface area (Å²) >= 11 is 2.97. The molecule has 94 valence electrons. The zero-order chi connectivity index (χ0) is 13.0. The molecule has 2 atom stereocenters. The van der Waals surface area contributed by atoms with Crippen LogP contribution in [-0.2, 0) is 4.74 Å². The average molecular weight is 307 g/mol. The lowest BCUT2D eigenvalue weighted by atomic mass is 10.0. The Labute approximate surface area is 106 Å². The van der Waals surface area contributed by atoms with Gasteiger partial charge in [-0.2, -0.15) is 0 Å². The molecule has 0 fully saturated rings. The second-order valence-electron chi connectivity index (χ2n) is 3.39. The molecule has 1 aromatic rings. The van der Waals surface area contributed by atoms with Crippen LogP contribution in [0.5, 0.6) is 0 Å². The number of methoxy groups -OCH3 is 1. The number of benzene rings is 1. The molecule has 6 heteroatoms. The zero-order valence-corrected chi connectivity index (χ0v) is 10.6. The molecule has 4 nitrogen and oxygen atoms in total. The van der Waals surface area contributed by atoms with Gasteiger partial charge in [-0.05, 0) is 18.2 Å². The minimum absolute atomic E-state index is 0.0933. The Kier molecular flexibility index (Phi) is 5.04. The minimum Gasteiger partial charge on any atom is -0.465 e. The van der Waals surface area contributed by atoms with E-state index in [4.69, 9.17) is 0 Å². The van der Waals surface area contributed by atoms with E-state index < -0.39 is 24.0 Å². The number of carbonyl (C=O) groups excluding carboxylic acids is 1. The van der Waals surface area contributed by atoms with Crippen molar-refractivity contribution in [2.45, 2.75) is 12.2 Å². The first-order valence-corrected chi connectivity index (χ1v) is 5.93. The molecule has 2 unspecified atom stereocenters. The summed E-state index contributed by atoms with van der Waals surface area (Å²) in [6, 6.07) is 3.46. The Bertz CT molecular complexity index is 410. The van der Waals surface area contributed by atoms with Crippen molar-refractivity contribution in [3.63, 3.8) is 0 Å². The van der Waals surface area contributed by atoms with Crippen LogP contribution in [0.4, 0.5) is 4.39 Å². The lowest BCUT2D eigenvalue weighted by Crippen LogP contribution is -2.21. The molecular formula is C11H12BrFO4. The van der Waals surface area contributed by atoms with Crippen molar-refractivity contribution in [3.05, 3.63) is 35.1 Å². The molecule has 2 N–H and O–H groups in total. The van der Waals surface area contributed by atoms with Crippen molar-refractivity contribution >= 4 is 21.9 Å². The molecule has 0 radical (unpaired) electrons. The Morgan fingerprint density at radius 3 is 2.71 bits per heavy atom. The zero-order valence-electron chi connectivity index (χ0n) is 9.06. The van der Waals surface area contributed by atoms with Crippen molar-refractivity contribution in [1.29, 1.82) is 0 Å². The fraction of sp³-hybridized carbons (Fsp3) is 0.364. The summed E-state index contributed by atoms with van der Waals surface area (Å²) < 4.78 is 17.9. The van der Waals surface area contributed by atoms with Gasteiger partial charge in [0.25, 0.3) is 0 Å². The number of hydrogen-bond donors (Lipinski definition) is 2. The molecule has 0 aliphatic rings. The number of carbonyl (C=O) groups is 1. The second kappa shape index (κ2) is 6.09. The Morgan fingerprint density at radius 1 is 1.53 bits per heavy atom. The van der Waals surface area contributed by atoms with Crippen LogP contribution in [0.1, 0.15) is 22.0 Å². The van der Waals surface area contributed by atoms with E-state index >= 15 is 0 Å². The van der Waals surface area contributed by atoms with Gasteiger partial charge in [0, 0.05) is 10.9 Å². The third-order valence-corrected chi connectivity index (χ3v) is 2.92. The molecule has 1 aromatic carbocycles. The van der Waals surface area contributed by atoms with Gasteiger partial charge in [0.15, 0.2) is 0 Å². The van der Waals surface area contributed by atoms with Crippen molar-refractivity contribution in [1.82, 2.24) is 0 Å². The molecule has 17 heavy (non-hydrogen) atoms. The first kappa shape index (κ1) is 14.1. The minimum atomic E-state index is -1.40. The summed E-state index contributed by atoms with van der Waals surface area (Å²) in [6.07, 6.45) is -2.56. The van der Waals surface area contributed by atoms with Crippen LogP contribution in [0.2, 0.25) is 0 Å². The fourth-order valence-electron chi connectivity index (χ4n) is 1.31. The van der Waals surface area contributed by atoms with Gasteiger partial charge in [0.1, 0.15) is 11.9 Å². The number of rotatable bonds is 4. The van der Waals surface area contributed by atoms with E-state index in [0.717, 1.165) is 12.1 Å². The van der Waals surface area contributed by atoms with Gasteiger partial charge in [0.05, 0.1) is 18.8 Å². The molecular weight excluding hydrogens is 295 g/mol. The topological polar surface area (TPSA) is 66.8 Å². The van der Waals surface area contributed by atoms with Crippen LogP contribution < -0.4 is 0 Å². The molecule has 0 amide bonds. The van der Waals surface area contributed by atoms with E-state index in [2.05, 4.69) is 20.7 Å². The van der Waals surface area contributed by atoms with E-state index in [-0.39, 0.29) is 16.5 Å². The van der Waals surface area contributed by atoms with Crippen LogP contribution in [0.25, 0.3) is 0 Å². The second-order valence-corrected chi connectivity index (χ2v) is 4.04. The Balaban J connectivity index is 3.10. The molecule has 0 saturated carbocycles. The number of esters is 1. The van der Waals surface area contributed by atoms with Gasteiger partial charge in [-0.3, -0.25) is 0 Å². The maximum atomic E-state index is 13.4. The third-order valence-electron chi connectivity index (χ3n) is 2.26. The summed E-state index contributed by atoms with van der Waals surface area (Å²) in [5.41, 5.74) is -0.0235. The number of alkyl halides is 1. The van der Waals surface area contributed by atoms with Gasteiger partial charge in [0.2, 0.25) is 0 Å². The normalized spacial score (nSPS) is 14.2. The SMILES string of the molecule is COC(=O)c1ccc(F)c(C(O)C(O)CBr)c1. The Morgan fingerprint density at radius 2 is 2.18 bits per heavy atom. The highest BCUT2D eigenvalue weighted by molar-refractivity contribution is 9.09. The molecule has 0 aliphatic carbocycles. The molecule has 0 bridgehead atoms. The molecule has 0 aromatic heterocycles. The molecule has 0 aliphatic heterocycles. The molecule has 0 saturated heterocycles. The van der Waals surface area contributed by atoms with Crippen LogP contribution in [0, 0.1) is 5.82 Å². The highest BCUT2D eigenvalue weighted by atomic mass is 79.9. The third kappa shape index (κ3) is 3.24. The van der Waals surface area contributed by atoms with Gasteiger partial charge in [-0.25, -0.2) is 9.18 Å². The lowest BCUT2D eigenvalue weighted by Gasteiger charge is -2.17. The van der Waals surface area contributed by atoms with Crippen LogP contribution in [0.15, 0.2) is 18.2 Å². The van der Waals surface area contributed by atoms with E-state index in [9.17, 15) is 19.4 Å². The summed E-state index contributed by atoms with van der Waals surface area (Å²) in [6.45, 7) is 0. The van der Waals surface area contributed by atoms with Crippen molar-refractivity contribution < 1.29 is 24.1 Å². The molecule has 0 heterocycles. The quantitative estimate of drug-likeness (QED) is 0.652. The predicted octanol–water partition coefficient (Wildman–Crippen LogP) is 1.40. The summed E-state index contributed by atoms with van der Waals surface area (Å²) in [4.78, 5) is 11.2. The summed E-state index contributed by atoms with van der Waals surface area (Å²) in [7, 11) is 1.20. The number of hydrogen-bond acceptors (Lipinski definition) is 4. The monoisotopic (exact) mass is 306 g/mol. The van der Waals surface area contributed by atoms with E-state index in [1.165, 1.54) is 13.2 Å².